The number of nitrogens with zero attached hydrogens (tertiary/aromatic N) is 2. The highest BCUT2D eigenvalue weighted by Crippen LogP contribution is 2.39. The number of sulfonamides is 1. The molecule has 6 N–H and O–H groups in total. The molecule has 2 fully saturated rings. The summed E-state index contributed by atoms with van der Waals surface area (Å²) >= 11 is 0. The average molecular weight is 733 g/mol. The SMILES string of the molecule is CCC1C(=O)N(S(C)(=O)=O)[C@H]2CCN(OC(=O)[C@@H](NC(=O)[C@@H](NC(=O)[C@H](CC(=O)O)NC(=O)[C@H](CCC(=O)O)NC(C)=O)C(C)C)C(C)C)[C@H]12. The zero-order valence-electron chi connectivity index (χ0n) is 29.1. The van der Waals surface area contributed by atoms with Crippen LogP contribution in [0.2, 0.25) is 0 Å². The summed E-state index contributed by atoms with van der Waals surface area (Å²) in [6.07, 6.45) is -0.334. The van der Waals surface area contributed by atoms with Crippen LogP contribution < -0.4 is 21.3 Å². The van der Waals surface area contributed by atoms with E-state index < -0.39 is 124 Å². The lowest BCUT2D eigenvalue weighted by Gasteiger charge is -2.30. The number of carbonyl (C=O) groups excluding carboxylic acids is 6. The van der Waals surface area contributed by atoms with Crippen molar-refractivity contribution in [3.63, 3.8) is 0 Å². The zero-order chi connectivity index (χ0) is 38.2. The van der Waals surface area contributed by atoms with Crippen molar-refractivity contribution in [1.29, 1.82) is 0 Å². The molecule has 0 spiro atoms. The Kier molecular flexibility index (Phi) is 14.7. The monoisotopic (exact) mass is 732 g/mol. The second-order valence-corrected chi connectivity index (χ2v) is 15.0. The highest BCUT2D eigenvalue weighted by atomic mass is 32.2. The molecule has 0 aromatic rings. The first kappa shape index (κ1) is 41.8. The Bertz CT molecular complexity index is 1450. The number of hydroxylamine groups is 2. The fourth-order valence-electron chi connectivity index (χ4n) is 6.04. The van der Waals surface area contributed by atoms with Gasteiger partial charge in [-0.15, -0.1) is 5.06 Å². The van der Waals surface area contributed by atoms with E-state index in [0.29, 0.717) is 6.42 Å². The Balaban J connectivity index is 2.22. The number of hydrogen-bond donors (Lipinski definition) is 6. The Hall–Kier alpha value is -4.33. The summed E-state index contributed by atoms with van der Waals surface area (Å²) < 4.78 is 25.6. The molecular weight excluding hydrogens is 684 g/mol. The van der Waals surface area contributed by atoms with Crippen molar-refractivity contribution in [1.82, 2.24) is 30.6 Å². The van der Waals surface area contributed by atoms with E-state index in [9.17, 15) is 51.9 Å². The van der Waals surface area contributed by atoms with Crippen LogP contribution in [0.3, 0.4) is 0 Å². The zero-order valence-corrected chi connectivity index (χ0v) is 29.9. The van der Waals surface area contributed by atoms with Crippen molar-refractivity contribution in [3.8, 4) is 0 Å². The number of carboxylic acids is 2. The molecule has 0 aromatic carbocycles. The molecule has 19 nitrogen and oxygen atoms in total. The third-order valence-electron chi connectivity index (χ3n) is 8.44. The van der Waals surface area contributed by atoms with Gasteiger partial charge < -0.3 is 36.3 Å². The standard InChI is InChI=1S/C30H48N6O13S/c1-8-17-25-20(36(29(17)45)50(7,47)48)11-12-35(25)49-30(46)24(15(4)5)34-28(44)23(14(2)3)33-27(43)19(13-22(40)41)32-26(42)18(31-16(6)37)9-10-21(38)39/h14-15,17-20,23-25H,8-13H2,1-7H3,(H,31,37)(H,32,42)(H,33,43)(H,34,44)(H,38,39)(H,40,41)/t17?,18-,19-,20-,23-,24-,25+/m0/s1. The highest BCUT2D eigenvalue weighted by Gasteiger charge is 2.57. The van der Waals surface area contributed by atoms with Crippen molar-refractivity contribution in [2.75, 3.05) is 12.8 Å². The van der Waals surface area contributed by atoms with Gasteiger partial charge in [-0.05, 0) is 31.1 Å². The maximum absolute atomic E-state index is 13.5. The molecule has 7 atom stereocenters. The highest BCUT2D eigenvalue weighted by molar-refractivity contribution is 7.88. The third-order valence-corrected chi connectivity index (χ3v) is 9.61. The number of carbonyl (C=O) groups is 8. The maximum Gasteiger partial charge on any atom is 0.347 e. The molecule has 2 aliphatic rings. The Morgan fingerprint density at radius 1 is 0.860 bits per heavy atom. The summed E-state index contributed by atoms with van der Waals surface area (Å²) in [4.78, 5) is 106. The molecular formula is C30H48N6O13S. The summed E-state index contributed by atoms with van der Waals surface area (Å²) in [5, 5.41) is 29.1. The van der Waals surface area contributed by atoms with Gasteiger partial charge in [0.15, 0.2) is 0 Å². The fourth-order valence-corrected chi connectivity index (χ4v) is 7.23. The van der Waals surface area contributed by atoms with Gasteiger partial charge in [-0.25, -0.2) is 17.5 Å². The quantitative estimate of drug-likeness (QED) is 0.0920. The largest absolute Gasteiger partial charge is 0.481 e. The van der Waals surface area contributed by atoms with Gasteiger partial charge >= 0.3 is 17.9 Å². The van der Waals surface area contributed by atoms with Crippen molar-refractivity contribution in [2.24, 2.45) is 17.8 Å². The molecule has 2 aliphatic heterocycles. The first-order chi connectivity index (χ1) is 23.1. The molecule has 2 saturated heterocycles. The molecule has 50 heavy (non-hydrogen) atoms. The van der Waals surface area contributed by atoms with Gasteiger partial charge in [0, 0.05) is 19.9 Å². The summed E-state index contributed by atoms with van der Waals surface area (Å²) in [7, 11) is -3.88. The molecule has 2 heterocycles. The molecule has 1 unspecified atom stereocenters. The Morgan fingerprint density at radius 2 is 1.42 bits per heavy atom. The van der Waals surface area contributed by atoms with Crippen molar-refractivity contribution < 1.29 is 61.8 Å². The minimum Gasteiger partial charge on any atom is -0.481 e. The van der Waals surface area contributed by atoms with Gasteiger partial charge in [0.2, 0.25) is 39.6 Å². The number of amides is 5. The van der Waals surface area contributed by atoms with E-state index in [1.54, 1.807) is 34.6 Å². The van der Waals surface area contributed by atoms with E-state index >= 15 is 0 Å². The molecule has 0 saturated carbocycles. The summed E-state index contributed by atoms with van der Waals surface area (Å²) in [5.41, 5.74) is 0. The molecule has 0 aromatic heterocycles. The van der Waals surface area contributed by atoms with Crippen LogP contribution in [0.25, 0.3) is 0 Å². The Morgan fingerprint density at radius 3 is 1.90 bits per heavy atom. The predicted octanol–water partition coefficient (Wildman–Crippen LogP) is -1.67. The predicted molar refractivity (Wildman–Crippen MR) is 173 cm³/mol. The van der Waals surface area contributed by atoms with Crippen LogP contribution in [0.15, 0.2) is 0 Å². The average Bonchev–Trinajstić information content (AvgIpc) is 3.50. The van der Waals surface area contributed by atoms with Crippen LogP contribution in [-0.4, -0.2) is 124 Å². The van der Waals surface area contributed by atoms with Crippen LogP contribution >= 0.6 is 0 Å². The second kappa shape index (κ2) is 17.6. The second-order valence-electron chi connectivity index (χ2n) is 13.1. The summed E-state index contributed by atoms with van der Waals surface area (Å²) in [6, 6.07) is -7.22. The molecule has 0 bridgehead atoms. The third kappa shape index (κ3) is 10.8. The van der Waals surface area contributed by atoms with Crippen LogP contribution in [0, 0.1) is 17.8 Å². The lowest BCUT2D eigenvalue weighted by atomic mass is 9.97. The van der Waals surface area contributed by atoms with Gasteiger partial charge in [-0.1, -0.05) is 34.6 Å². The van der Waals surface area contributed by atoms with E-state index in [2.05, 4.69) is 21.3 Å². The van der Waals surface area contributed by atoms with Crippen LogP contribution in [0.1, 0.15) is 73.6 Å². The summed E-state index contributed by atoms with van der Waals surface area (Å²) in [6.45, 7) is 9.31. The lowest BCUT2D eigenvalue weighted by Crippen LogP contribution is -2.60. The van der Waals surface area contributed by atoms with E-state index in [4.69, 9.17) is 9.94 Å². The van der Waals surface area contributed by atoms with E-state index in [0.717, 1.165) is 17.5 Å². The number of rotatable bonds is 18. The van der Waals surface area contributed by atoms with Crippen molar-refractivity contribution in [3.05, 3.63) is 0 Å². The minimum absolute atomic E-state index is 0.135. The smallest absolute Gasteiger partial charge is 0.347 e. The van der Waals surface area contributed by atoms with Crippen LogP contribution in [0.4, 0.5) is 0 Å². The number of fused-ring (bicyclic) bond motifs is 1. The van der Waals surface area contributed by atoms with E-state index in [1.807, 2.05) is 0 Å². The van der Waals surface area contributed by atoms with Gasteiger partial charge in [-0.3, -0.25) is 33.6 Å². The molecule has 0 aliphatic carbocycles. The fraction of sp³-hybridized carbons (Fsp3) is 0.733. The molecule has 20 heteroatoms. The summed E-state index contributed by atoms with van der Waals surface area (Å²) in [5.74, 6) is -9.76. The van der Waals surface area contributed by atoms with Crippen molar-refractivity contribution >= 4 is 57.5 Å². The molecule has 2 rings (SSSR count). The van der Waals surface area contributed by atoms with Crippen LogP contribution in [0.5, 0.6) is 0 Å². The van der Waals surface area contributed by atoms with Gasteiger partial charge in [0.25, 0.3) is 0 Å². The number of carboxylic acid groups (broad SMARTS) is 2. The first-order valence-corrected chi connectivity index (χ1v) is 18.1. The van der Waals surface area contributed by atoms with E-state index in [-0.39, 0.29) is 19.4 Å². The van der Waals surface area contributed by atoms with Crippen molar-refractivity contribution in [2.45, 2.75) is 110 Å². The molecule has 282 valence electrons. The first-order valence-electron chi connectivity index (χ1n) is 16.2. The molecule has 5 amide bonds. The minimum atomic E-state index is -3.88. The number of aliphatic carboxylic acids is 2. The van der Waals surface area contributed by atoms with Gasteiger partial charge in [-0.2, -0.15) is 0 Å². The molecule has 0 radical (unpaired) electrons. The maximum atomic E-state index is 13.5. The van der Waals surface area contributed by atoms with Gasteiger partial charge in [0.05, 0.1) is 30.7 Å². The number of nitrogens with one attached hydrogen (secondary N) is 4. The lowest BCUT2D eigenvalue weighted by molar-refractivity contribution is -0.202. The van der Waals surface area contributed by atoms with E-state index in [1.165, 1.54) is 5.06 Å². The topological polar surface area (TPSA) is 275 Å². The normalized spacial score (nSPS) is 21.5. The Labute approximate surface area is 290 Å². The van der Waals surface area contributed by atoms with Gasteiger partial charge in [0.1, 0.15) is 24.2 Å². The van der Waals surface area contributed by atoms with Crippen LogP contribution in [-0.2, 0) is 53.2 Å². The number of hydrogen-bond acceptors (Lipinski definition) is 12.